The van der Waals surface area contributed by atoms with Crippen LogP contribution in [0, 0.1) is 5.82 Å². The molecule has 0 aliphatic carbocycles. The van der Waals surface area contributed by atoms with Crippen molar-refractivity contribution in [2.45, 2.75) is 38.3 Å². The van der Waals surface area contributed by atoms with E-state index in [1.54, 1.807) is 19.2 Å². The van der Waals surface area contributed by atoms with Crippen molar-refractivity contribution in [1.82, 2.24) is 15.6 Å². The van der Waals surface area contributed by atoms with Gasteiger partial charge in [0.05, 0.1) is 22.4 Å². The number of anilines is 2. The summed E-state index contributed by atoms with van der Waals surface area (Å²) in [5, 5.41) is 30.4. The fourth-order valence-electron chi connectivity index (χ4n) is 3.95. The summed E-state index contributed by atoms with van der Waals surface area (Å²) < 4.78 is 13.9. The topological polar surface area (TPSA) is 115 Å². The number of nitrogens with zero attached hydrogens (tertiary/aromatic N) is 1. The molecule has 0 bridgehead atoms. The molecule has 0 radical (unpaired) electrons. The highest BCUT2D eigenvalue weighted by atomic mass is 35.5. The highest BCUT2D eigenvalue weighted by Crippen LogP contribution is 2.36. The van der Waals surface area contributed by atoms with Crippen LogP contribution in [0.4, 0.5) is 15.9 Å². The van der Waals surface area contributed by atoms with E-state index < -0.39 is 17.5 Å². The number of piperidine rings is 1. The Labute approximate surface area is 210 Å². The van der Waals surface area contributed by atoms with E-state index in [0.717, 1.165) is 36.0 Å². The molecule has 35 heavy (non-hydrogen) atoms. The van der Waals surface area contributed by atoms with Crippen LogP contribution in [0.3, 0.4) is 0 Å². The van der Waals surface area contributed by atoms with Gasteiger partial charge in [0.2, 0.25) is 0 Å². The van der Waals surface area contributed by atoms with Crippen LogP contribution in [0.5, 0.6) is 5.75 Å². The Bertz CT molecular complexity index is 1130. The van der Waals surface area contributed by atoms with Crippen LogP contribution in [0.25, 0.3) is 5.57 Å². The summed E-state index contributed by atoms with van der Waals surface area (Å²) >= 11 is 6.08. The molecule has 2 heterocycles. The van der Waals surface area contributed by atoms with Gasteiger partial charge in [0.15, 0.2) is 0 Å². The maximum absolute atomic E-state index is 13.9. The monoisotopic (exact) mass is 501 g/mol. The number of nitrogen functional groups attached to an aromatic ring is 1. The first-order valence-electron chi connectivity index (χ1n) is 11.5. The molecule has 1 aliphatic rings. The van der Waals surface area contributed by atoms with Crippen molar-refractivity contribution in [3.8, 4) is 5.75 Å². The van der Waals surface area contributed by atoms with Crippen LogP contribution in [-0.2, 0) is 0 Å². The predicted molar refractivity (Wildman–Crippen MR) is 141 cm³/mol. The number of phenols is 1. The van der Waals surface area contributed by atoms with Gasteiger partial charge in [-0.3, -0.25) is 0 Å². The van der Waals surface area contributed by atoms with E-state index in [4.69, 9.17) is 17.3 Å². The first kappa shape index (κ1) is 26.5. The predicted octanol–water partition coefficient (Wildman–Crippen LogP) is 4.51. The third kappa shape index (κ3) is 6.75. The van der Waals surface area contributed by atoms with Crippen molar-refractivity contribution in [2.75, 3.05) is 30.7 Å². The van der Waals surface area contributed by atoms with Crippen LogP contribution in [0.2, 0.25) is 5.02 Å². The number of pyridine rings is 1. The molecular weight excluding hydrogens is 469 g/mol. The fraction of sp³-hybridized carbons (Fsp3) is 0.346. The van der Waals surface area contributed by atoms with E-state index in [1.807, 2.05) is 25.1 Å². The summed E-state index contributed by atoms with van der Waals surface area (Å²) in [5.74, 6) is -0.486. The quantitative estimate of drug-likeness (QED) is 0.280. The smallest absolute Gasteiger partial charge is 0.146 e. The summed E-state index contributed by atoms with van der Waals surface area (Å²) in [6.07, 6.45) is 8.59. The number of nitrogens with two attached hydrogens (primary N) is 1. The SMILES string of the molecule is C=C/C(=C\C=C(/C)NCC1(O)CCNCC1)c1cnc(N)c(NC(C)c2c(O)ccc(F)c2Cl)c1. The van der Waals surface area contributed by atoms with Crippen molar-refractivity contribution in [2.24, 2.45) is 0 Å². The van der Waals surface area contributed by atoms with E-state index in [1.165, 1.54) is 6.07 Å². The minimum Gasteiger partial charge on any atom is -0.508 e. The van der Waals surface area contributed by atoms with Crippen molar-refractivity contribution in [3.05, 3.63) is 76.9 Å². The first-order chi connectivity index (χ1) is 16.6. The second-order valence-corrected chi connectivity index (χ2v) is 9.20. The molecule has 7 nitrogen and oxygen atoms in total. The number of benzene rings is 1. The largest absolute Gasteiger partial charge is 0.508 e. The van der Waals surface area contributed by atoms with Gasteiger partial charge in [-0.05, 0) is 69.6 Å². The minimum atomic E-state index is -0.706. The lowest BCUT2D eigenvalue weighted by Crippen LogP contribution is -2.48. The van der Waals surface area contributed by atoms with E-state index >= 15 is 0 Å². The van der Waals surface area contributed by atoms with Gasteiger partial charge in [-0.25, -0.2) is 9.37 Å². The Kier molecular flexibility index (Phi) is 8.77. The van der Waals surface area contributed by atoms with Gasteiger partial charge in [0.1, 0.15) is 17.4 Å². The third-order valence-electron chi connectivity index (χ3n) is 6.13. The molecule has 1 unspecified atom stereocenters. The van der Waals surface area contributed by atoms with Gasteiger partial charge in [0.25, 0.3) is 0 Å². The van der Waals surface area contributed by atoms with Crippen molar-refractivity contribution in [3.63, 3.8) is 0 Å². The van der Waals surface area contributed by atoms with Crippen molar-refractivity contribution < 1.29 is 14.6 Å². The highest BCUT2D eigenvalue weighted by molar-refractivity contribution is 6.31. The lowest BCUT2D eigenvalue weighted by atomic mass is 9.92. The number of phenolic OH excluding ortho intramolecular Hbond substituents is 1. The standard InChI is InChI=1S/C26H33ClFN5O2/c1-4-18(6-5-16(2)32-15-26(35)9-11-30-12-10-26)19-13-21(25(29)31-14-19)33-17(3)23-22(34)8-7-20(28)24(23)27/h4-8,13-14,17,30,32-35H,1,9-12,15H2,2-3H3,(H2,29,31)/b16-5+,18-6+. The second-order valence-electron chi connectivity index (χ2n) is 8.82. The first-order valence-corrected chi connectivity index (χ1v) is 11.9. The molecule has 1 aliphatic heterocycles. The molecule has 2 aromatic rings. The second kappa shape index (κ2) is 11.6. The normalized spacial score (nSPS) is 17.1. The average Bonchev–Trinajstić information content (AvgIpc) is 2.83. The Morgan fingerprint density at radius 2 is 2.09 bits per heavy atom. The zero-order chi connectivity index (χ0) is 25.6. The zero-order valence-corrected chi connectivity index (χ0v) is 20.8. The van der Waals surface area contributed by atoms with Crippen molar-refractivity contribution in [1.29, 1.82) is 0 Å². The zero-order valence-electron chi connectivity index (χ0n) is 20.0. The van der Waals surface area contributed by atoms with E-state index in [0.29, 0.717) is 25.1 Å². The molecule has 7 N–H and O–H groups in total. The number of halogens is 2. The van der Waals surface area contributed by atoms with Crippen LogP contribution < -0.4 is 21.7 Å². The molecule has 0 spiro atoms. The average molecular weight is 502 g/mol. The number of nitrogens with one attached hydrogen (secondary N) is 3. The van der Waals surface area contributed by atoms with E-state index in [2.05, 4.69) is 27.5 Å². The lowest BCUT2D eigenvalue weighted by molar-refractivity contribution is 0.0133. The number of aromatic nitrogens is 1. The summed E-state index contributed by atoms with van der Waals surface area (Å²) in [5.41, 5.74) is 8.58. The van der Waals surface area contributed by atoms with Gasteiger partial charge in [-0.15, -0.1) is 0 Å². The maximum Gasteiger partial charge on any atom is 0.146 e. The van der Waals surface area contributed by atoms with Crippen LogP contribution in [0.1, 0.15) is 43.9 Å². The number of allylic oxidation sites excluding steroid dienone is 5. The molecule has 0 amide bonds. The van der Waals surface area contributed by atoms with Gasteiger partial charge < -0.3 is 31.9 Å². The molecule has 0 saturated carbocycles. The maximum atomic E-state index is 13.9. The third-order valence-corrected chi connectivity index (χ3v) is 6.51. The summed E-state index contributed by atoms with van der Waals surface area (Å²) in [6.45, 7) is 9.69. The summed E-state index contributed by atoms with van der Waals surface area (Å²) in [7, 11) is 0. The van der Waals surface area contributed by atoms with Gasteiger partial charge in [0, 0.05) is 29.6 Å². The summed E-state index contributed by atoms with van der Waals surface area (Å²) in [4.78, 5) is 4.27. The van der Waals surface area contributed by atoms with E-state index in [-0.39, 0.29) is 22.2 Å². The fourth-order valence-corrected chi connectivity index (χ4v) is 4.27. The number of hydrogen-bond donors (Lipinski definition) is 6. The Balaban J connectivity index is 1.76. The number of aliphatic hydroxyl groups is 1. The Hall–Kier alpha value is -3.07. The number of hydrogen-bond acceptors (Lipinski definition) is 7. The van der Waals surface area contributed by atoms with Crippen LogP contribution in [-0.4, -0.2) is 40.4 Å². The number of rotatable bonds is 9. The highest BCUT2D eigenvalue weighted by Gasteiger charge is 2.28. The molecule has 1 aromatic heterocycles. The molecule has 188 valence electrons. The van der Waals surface area contributed by atoms with Gasteiger partial charge in [-0.1, -0.05) is 30.3 Å². The Morgan fingerprint density at radius 1 is 1.37 bits per heavy atom. The van der Waals surface area contributed by atoms with E-state index in [9.17, 15) is 14.6 Å². The molecule has 1 fully saturated rings. The van der Waals surface area contributed by atoms with Gasteiger partial charge in [-0.2, -0.15) is 0 Å². The van der Waals surface area contributed by atoms with Crippen LogP contribution >= 0.6 is 11.6 Å². The Morgan fingerprint density at radius 3 is 2.77 bits per heavy atom. The van der Waals surface area contributed by atoms with Crippen LogP contribution in [0.15, 0.2) is 54.9 Å². The molecule has 1 saturated heterocycles. The molecule has 3 rings (SSSR count). The van der Waals surface area contributed by atoms with Crippen molar-refractivity contribution >= 4 is 28.7 Å². The molecule has 1 aromatic carbocycles. The minimum absolute atomic E-state index is 0.118. The molecule has 1 atom stereocenters. The van der Waals surface area contributed by atoms with Gasteiger partial charge >= 0.3 is 0 Å². The molecule has 9 heteroatoms. The summed E-state index contributed by atoms with van der Waals surface area (Å²) in [6, 6.07) is 3.65. The lowest BCUT2D eigenvalue weighted by Gasteiger charge is -2.33. The number of aromatic hydroxyl groups is 1. The molecular formula is C26H33ClFN5O2.